The summed E-state index contributed by atoms with van der Waals surface area (Å²) in [5.74, 6) is 1.73. The van der Waals surface area contributed by atoms with Crippen molar-refractivity contribution in [2.24, 2.45) is 0 Å². The van der Waals surface area contributed by atoms with Crippen molar-refractivity contribution in [3.05, 3.63) is 48.5 Å². The van der Waals surface area contributed by atoms with Crippen LogP contribution in [-0.2, 0) is 0 Å². The highest BCUT2D eigenvalue weighted by atomic mass is 28.4. The fraction of sp³-hybridized carbons (Fsp3) is 0.500. The Hall–Kier alpha value is -1.43. The van der Waals surface area contributed by atoms with Crippen molar-refractivity contribution in [2.75, 3.05) is 8.46 Å². The smallest absolute Gasteiger partial charge is 0.529 e. The first-order valence-electron chi connectivity index (χ1n) is 12.4. The standard InChI is InChI=1S/C24H41BN2O2Si4/c1-30(2)17-18-31(3,4)26(30)21-9-13-23(14-10-21)28-25-29-24-15-11-22(12-16-24)27-32(5,6)19-20-33(27,7)8/h9-16,25H,17-20H2,1-8H3. The van der Waals surface area contributed by atoms with E-state index in [1.807, 2.05) is 0 Å². The van der Waals surface area contributed by atoms with Gasteiger partial charge in [0.15, 0.2) is 0 Å². The number of hydrogen-bond donors (Lipinski definition) is 0. The second kappa shape index (κ2) is 8.66. The van der Waals surface area contributed by atoms with Crippen LogP contribution in [0.3, 0.4) is 0 Å². The van der Waals surface area contributed by atoms with E-state index in [1.165, 1.54) is 35.6 Å². The Morgan fingerprint density at radius 1 is 0.515 bits per heavy atom. The summed E-state index contributed by atoms with van der Waals surface area (Å²) >= 11 is 0. The molecule has 2 aromatic rings. The molecular weight excluding hydrogens is 471 g/mol. The largest absolute Gasteiger partial charge is 0.576 e. The van der Waals surface area contributed by atoms with Crippen LogP contribution in [0.1, 0.15) is 0 Å². The summed E-state index contributed by atoms with van der Waals surface area (Å²) in [4.78, 5) is 0. The number of benzene rings is 2. The van der Waals surface area contributed by atoms with E-state index in [1.54, 1.807) is 0 Å². The van der Waals surface area contributed by atoms with Gasteiger partial charge in [-0.25, -0.2) is 0 Å². The summed E-state index contributed by atoms with van der Waals surface area (Å²) in [6, 6.07) is 23.0. The quantitative estimate of drug-likeness (QED) is 0.394. The summed E-state index contributed by atoms with van der Waals surface area (Å²) in [7, 11) is -5.11. The molecule has 0 saturated carbocycles. The molecule has 0 radical (unpaired) electrons. The van der Waals surface area contributed by atoms with Gasteiger partial charge in [-0.15, -0.1) is 0 Å². The van der Waals surface area contributed by atoms with Crippen LogP contribution in [0.2, 0.25) is 76.6 Å². The maximum atomic E-state index is 5.91. The molecule has 2 saturated heterocycles. The van der Waals surface area contributed by atoms with E-state index >= 15 is 0 Å². The average Bonchev–Trinajstić information content (AvgIpc) is 3.09. The molecule has 0 N–H and O–H groups in total. The van der Waals surface area contributed by atoms with E-state index in [0.29, 0.717) is 0 Å². The van der Waals surface area contributed by atoms with Gasteiger partial charge in [0.2, 0.25) is 0 Å². The van der Waals surface area contributed by atoms with E-state index in [0.717, 1.165) is 11.5 Å². The Labute approximate surface area is 206 Å². The van der Waals surface area contributed by atoms with Crippen molar-refractivity contribution in [2.45, 2.75) is 76.6 Å². The first kappa shape index (κ1) is 24.7. The lowest BCUT2D eigenvalue weighted by atomic mass is 10.2. The SMILES string of the molecule is C[Si]1(C)CC[Si](C)(C)N1c1ccc(OBOc2ccc(N3[Si](C)(C)CC[Si]3(C)C)cc2)cc1. The van der Waals surface area contributed by atoms with E-state index in [4.69, 9.17) is 9.31 Å². The molecule has 0 amide bonds. The van der Waals surface area contributed by atoms with Crippen molar-refractivity contribution in [1.29, 1.82) is 0 Å². The molecule has 33 heavy (non-hydrogen) atoms. The Morgan fingerprint density at radius 3 is 1.06 bits per heavy atom. The summed E-state index contributed by atoms with van der Waals surface area (Å²) < 4.78 is 17.5. The van der Waals surface area contributed by atoms with Crippen molar-refractivity contribution in [3.8, 4) is 11.5 Å². The molecule has 2 fully saturated rings. The Bertz CT molecular complexity index is 869. The van der Waals surface area contributed by atoms with Gasteiger partial charge in [-0.2, -0.15) is 0 Å². The number of nitrogens with zero attached hydrogens (tertiary/aromatic N) is 2. The summed E-state index contributed by atoms with van der Waals surface area (Å²) in [5.41, 5.74) is 2.76. The Balaban J connectivity index is 1.35. The lowest BCUT2D eigenvalue weighted by molar-refractivity contribution is 0.459. The predicted molar refractivity (Wildman–Crippen MR) is 155 cm³/mol. The third kappa shape index (κ3) is 5.01. The van der Waals surface area contributed by atoms with Gasteiger partial charge < -0.3 is 17.8 Å². The van der Waals surface area contributed by atoms with Crippen molar-refractivity contribution in [1.82, 2.24) is 0 Å². The fourth-order valence-electron chi connectivity index (χ4n) is 6.26. The van der Waals surface area contributed by atoms with Crippen LogP contribution < -0.4 is 17.8 Å². The molecule has 0 atom stereocenters. The molecule has 0 aromatic heterocycles. The van der Waals surface area contributed by atoms with Crippen LogP contribution in [0.15, 0.2) is 48.5 Å². The second-order valence-corrected chi connectivity index (χ2v) is 31.5. The van der Waals surface area contributed by atoms with Gasteiger partial charge in [0.1, 0.15) is 44.4 Å². The molecule has 178 valence electrons. The molecule has 2 heterocycles. The molecule has 4 rings (SSSR count). The van der Waals surface area contributed by atoms with Crippen molar-refractivity contribution in [3.63, 3.8) is 0 Å². The van der Waals surface area contributed by atoms with Crippen LogP contribution in [0.4, 0.5) is 11.4 Å². The first-order chi connectivity index (χ1) is 15.3. The van der Waals surface area contributed by atoms with Crippen LogP contribution in [0.5, 0.6) is 11.5 Å². The number of anilines is 2. The summed E-state index contributed by atoms with van der Waals surface area (Å²) in [6.45, 7) is 20.1. The fourth-order valence-corrected chi connectivity index (χ4v) is 34.8. The molecule has 2 aromatic carbocycles. The van der Waals surface area contributed by atoms with E-state index in [-0.39, 0.29) is 7.69 Å². The van der Waals surface area contributed by atoms with Gasteiger partial charge in [-0.05, 0) is 72.7 Å². The summed E-state index contributed by atoms with van der Waals surface area (Å²) in [5, 5.41) is 0. The van der Waals surface area contributed by atoms with Crippen molar-refractivity contribution < 1.29 is 9.31 Å². The average molecular weight is 513 g/mol. The van der Waals surface area contributed by atoms with Crippen molar-refractivity contribution >= 4 is 52.0 Å². The zero-order chi connectivity index (χ0) is 24.1. The van der Waals surface area contributed by atoms with Crippen LogP contribution >= 0.6 is 0 Å². The Morgan fingerprint density at radius 2 is 0.788 bits per heavy atom. The van der Waals surface area contributed by atoms with Crippen LogP contribution in [-0.4, -0.2) is 40.6 Å². The van der Waals surface area contributed by atoms with Crippen LogP contribution in [0, 0.1) is 0 Å². The number of hydrogen-bond acceptors (Lipinski definition) is 4. The highest BCUT2D eigenvalue weighted by Crippen LogP contribution is 2.42. The molecular formula is C24H41BN2O2Si4. The van der Waals surface area contributed by atoms with Gasteiger partial charge in [0.05, 0.1) is 0 Å². The zero-order valence-corrected chi connectivity index (χ0v) is 25.9. The van der Waals surface area contributed by atoms with Gasteiger partial charge >= 0.3 is 7.69 Å². The third-order valence-electron chi connectivity index (χ3n) is 7.76. The Kier molecular flexibility index (Phi) is 6.48. The minimum Gasteiger partial charge on any atom is -0.529 e. The minimum atomic E-state index is -1.33. The molecule has 0 aliphatic carbocycles. The highest BCUT2D eigenvalue weighted by molar-refractivity contribution is 7.05. The maximum Gasteiger partial charge on any atom is 0.576 e. The van der Waals surface area contributed by atoms with Gasteiger partial charge in [-0.1, -0.05) is 52.4 Å². The van der Waals surface area contributed by atoms with E-state index < -0.39 is 32.9 Å². The topological polar surface area (TPSA) is 24.9 Å². The number of rotatable bonds is 6. The normalized spacial score (nSPS) is 22.3. The zero-order valence-electron chi connectivity index (χ0n) is 21.9. The third-order valence-corrected chi connectivity index (χ3v) is 27.8. The first-order valence-corrected chi connectivity index (χ1v) is 25.0. The predicted octanol–water partition coefficient (Wildman–Crippen LogP) is 6.87. The van der Waals surface area contributed by atoms with Crippen LogP contribution in [0.25, 0.3) is 0 Å². The molecule has 9 heteroatoms. The molecule has 4 nitrogen and oxygen atoms in total. The highest BCUT2D eigenvalue weighted by Gasteiger charge is 2.48. The lowest BCUT2D eigenvalue weighted by Gasteiger charge is -2.41. The van der Waals surface area contributed by atoms with E-state index in [2.05, 4.69) is 109 Å². The molecule has 0 unspecified atom stereocenters. The molecule has 0 bridgehead atoms. The van der Waals surface area contributed by atoms with Gasteiger partial charge in [0, 0.05) is 11.4 Å². The monoisotopic (exact) mass is 512 g/mol. The minimum absolute atomic E-state index is 0.229. The van der Waals surface area contributed by atoms with E-state index in [9.17, 15) is 0 Å². The summed E-state index contributed by atoms with van der Waals surface area (Å²) in [6.07, 6.45) is 0. The lowest BCUT2D eigenvalue weighted by Crippen LogP contribution is -2.55. The molecule has 0 spiro atoms. The molecule has 2 aliphatic rings. The van der Waals surface area contributed by atoms with Gasteiger partial charge in [0.25, 0.3) is 0 Å². The maximum absolute atomic E-state index is 5.91. The molecule has 2 aliphatic heterocycles. The van der Waals surface area contributed by atoms with Gasteiger partial charge in [-0.3, -0.25) is 0 Å². The second-order valence-electron chi connectivity index (χ2n) is 12.3.